The molecule has 0 aliphatic rings. The fourth-order valence-electron chi connectivity index (χ4n) is 1.64. The van der Waals surface area contributed by atoms with Crippen LogP contribution in [0.25, 0.3) is 0 Å². The second-order valence-electron chi connectivity index (χ2n) is 4.08. The molecule has 0 aliphatic carbocycles. The molecular weight excluding hydrogens is 264 g/mol. The van der Waals surface area contributed by atoms with Crippen molar-refractivity contribution in [3.63, 3.8) is 0 Å². The highest BCUT2D eigenvalue weighted by molar-refractivity contribution is 5.51. The lowest BCUT2D eigenvalue weighted by Gasteiger charge is -2.06. The molecule has 0 fully saturated rings. The SMILES string of the molecule is Cc1ccc(Oc2cccc([N+](=O)[O-])c2)c([N+](=O)[O-])c1. The quantitative estimate of drug-likeness (QED) is 0.626. The summed E-state index contributed by atoms with van der Waals surface area (Å²) in [6.45, 7) is 1.73. The zero-order chi connectivity index (χ0) is 14.7. The molecular formula is C13H10N2O5. The second kappa shape index (κ2) is 5.35. The molecule has 0 N–H and O–H groups in total. The number of rotatable bonds is 4. The molecule has 0 heterocycles. The monoisotopic (exact) mass is 274 g/mol. The Morgan fingerprint density at radius 3 is 2.40 bits per heavy atom. The predicted molar refractivity (Wildman–Crippen MR) is 71.0 cm³/mol. The number of hydrogen-bond donors (Lipinski definition) is 0. The number of aryl methyl sites for hydroxylation is 1. The number of nitro benzene ring substituents is 2. The minimum absolute atomic E-state index is 0.0427. The van der Waals surface area contributed by atoms with Gasteiger partial charge < -0.3 is 4.74 Å². The standard InChI is InChI=1S/C13H10N2O5/c1-9-5-6-13(12(7-9)15(18)19)20-11-4-2-3-10(8-11)14(16)17/h2-8H,1H3. The zero-order valence-electron chi connectivity index (χ0n) is 10.5. The van der Waals surface area contributed by atoms with E-state index in [1.165, 1.54) is 36.4 Å². The van der Waals surface area contributed by atoms with Crippen molar-refractivity contribution in [2.45, 2.75) is 6.92 Å². The third-order valence-electron chi connectivity index (χ3n) is 2.57. The highest BCUT2D eigenvalue weighted by atomic mass is 16.6. The van der Waals surface area contributed by atoms with Crippen LogP contribution in [0.3, 0.4) is 0 Å². The number of nitro groups is 2. The Kier molecular flexibility index (Phi) is 3.60. The van der Waals surface area contributed by atoms with Crippen molar-refractivity contribution in [2.24, 2.45) is 0 Å². The molecule has 7 nitrogen and oxygen atoms in total. The van der Waals surface area contributed by atoms with Crippen LogP contribution in [0.15, 0.2) is 42.5 Å². The Labute approximate surface area is 113 Å². The van der Waals surface area contributed by atoms with Gasteiger partial charge in [-0.05, 0) is 24.6 Å². The van der Waals surface area contributed by atoms with Gasteiger partial charge in [-0.2, -0.15) is 0 Å². The van der Waals surface area contributed by atoms with Gasteiger partial charge in [-0.15, -0.1) is 0 Å². The zero-order valence-corrected chi connectivity index (χ0v) is 10.5. The van der Waals surface area contributed by atoms with Crippen molar-refractivity contribution in [1.82, 2.24) is 0 Å². The molecule has 0 saturated carbocycles. The molecule has 0 atom stereocenters. The van der Waals surface area contributed by atoms with E-state index in [0.29, 0.717) is 0 Å². The average molecular weight is 274 g/mol. The smallest absolute Gasteiger partial charge is 0.311 e. The molecule has 0 amide bonds. The van der Waals surface area contributed by atoms with Crippen molar-refractivity contribution in [1.29, 1.82) is 0 Å². The van der Waals surface area contributed by atoms with Crippen LogP contribution < -0.4 is 4.74 Å². The maximum Gasteiger partial charge on any atom is 0.311 e. The van der Waals surface area contributed by atoms with Crippen LogP contribution in [0.4, 0.5) is 11.4 Å². The van der Waals surface area contributed by atoms with E-state index in [4.69, 9.17) is 4.74 Å². The molecule has 2 rings (SSSR count). The Bertz CT molecular complexity index is 684. The first-order chi connectivity index (χ1) is 9.47. The summed E-state index contributed by atoms with van der Waals surface area (Å²) in [7, 11) is 0. The summed E-state index contributed by atoms with van der Waals surface area (Å²) in [5.74, 6) is 0.215. The van der Waals surface area contributed by atoms with Crippen LogP contribution in [0.5, 0.6) is 11.5 Å². The van der Waals surface area contributed by atoms with Gasteiger partial charge in [0.2, 0.25) is 5.75 Å². The Balaban J connectivity index is 2.37. The lowest BCUT2D eigenvalue weighted by Crippen LogP contribution is -1.95. The molecule has 0 aliphatic heterocycles. The van der Waals surface area contributed by atoms with Crippen LogP contribution >= 0.6 is 0 Å². The van der Waals surface area contributed by atoms with Gasteiger partial charge in [0.15, 0.2) is 0 Å². The molecule has 0 unspecified atom stereocenters. The van der Waals surface area contributed by atoms with Crippen LogP contribution in [-0.4, -0.2) is 9.85 Å². The maximum atomic E-state index is 11.0. The fourth-order valence-corrected chi connectivity index (χ4v) is 1.64. The molecule has 0 aromatic heterocycles. The lowest BCUT2D eigenvalue weighted by atomic mass is 10.2. The molecule has 0 bridgehead atoms. The fraction of sp³-hybridized carbons (Fsp3) is 0.0769. The van der Waals surface area contributed by atoms with Crippen molar-refractivity contribution in [3.05, 3.63) is 68.3 Å². The largest absolute Gasteiger partial charge is 0.450 e. The Morgan fingerprint density at radius 1 is 1.00 bits per heavy atom. The third kappa shape index (κ3) is 2.89. The van der Waals surface area contributed by atoms with E-state index in [1.807, 2.05) is 0 Å². The number of non-ortho nitro benzene ring substituents is 1. The van der Waals surface area contributed by atoms with E-state index in [0.717, 1.165) is 5.56 Å². The molecule has 2 aromatic carbocycles. The molecule has 7 heteroatoms. The number of hydrogen-bond acceptors (Lipinski definition) is 5. The molecule has 2 aromatic rings. The Morgan fingerprint density at radius 2 is 1.75 bits per heavy atom. The average Bonchev–Trinajstić information content (AvgIpc) is 2.41. The first-order valence-electron chi connectivity index (χ1n) is 5.65. The minimum atomic E-state index is -0.559. The first kappa shape index (κ1) is 13.5. The second-order valence-corrected chi connectivity index (χ2v) is 4.08. The molecule has 20 heavy (non-hydrogen) atoms. The summed E-state index contributed by atoms with van der Waals surface area (Å²) in [5.41, 5.74) is 0.400. The van der Waals surface area contributed by atoms with Gasteiger partial charge in [-0.3, -0.25) is 20.2 Å². The van der Waals surface area contributed by atoms with Gasteiger partial charge in [0, 0.05) is 12.1 Å². The van der Waals surface area contributed by atoms with E-state index < -0.39 is 9.85 Å². The summed E-state index contributed by atoms with van der Waals surface area (Å²) < 4.78 is 5.37. The topological polar surface area (TPSA) is 95.5 Å². The highest BCUT2D eigenvalue weighted by Crippen LogP contribution is 2.33. The molecule has 0 radical (unpaired) electrons. The first-order valence-corrected chi connectivity index (χ1v) is 5.65. The summed E-state index contributed by atoms with van der Waals surface area (Å²) >= 11 is 0. The van der Waals surface area contributed by atoms with Crippen LogP contribution in [-0.2, 0) is 0 Å². The van der Waals surface area contributed by atoms with Crippen molar-refractivity contribution >= 4 is 11.4 Å². The normalized spacial score (nSPS) is 10.1. The van der Waals surface area contributed by atoms with Crippen molar-refractivity contribution < 1.29 is 14.6 Å². The number of ether oxygens (including phenoxy) is 1. The maximum absolute atomic E-state index is 11.0. The van der Waals surface area contributed by atoms with E-state index in [2.05, 4.69) is 0 Å². The van der Waals surface area contributed by atoms with E-state index in [-0.39, 0.29) is 22.9 Å². The van der Waals surface area contributed by atoms with Crippen LogP contribution in [0.2, 0.25) is 0 Å². The van der Waals surface area contributed by atoms with Gasteiger partial charge in [-0.25, -0.2) is 0 Å². The third-order valence-corrected chi connectivity index (χ3v) is 2.57. The lowest BCUT2D eigenvalue weighted by molar-refractivity contribution is -0.386. The highest BCUT2D eigenvalue weighted by Gasteiger charge is 2.16. The van der Waals surface area contributed by atoms with E-state index in [1.54, 1.807) is 13.0 Å². The minimum Gasteiger partial charge on any atom is -0.450 e. The Hall–Kier alpha value is -2.96. The van der Waals surface area contributed by atoms with Gasteiger partial charge >= 0.3 is 5.69 Å². The summed E-state index contributed by atoms with van der Waals surface area (Å²) in [6.07, 6.45) is 0. The van der Waals surface area contributed by atoms with E-state index >= 15 is 0 Å². The predicted octanol–water partition coefficient (Wildman–Crippen LogP) is 3.60. The van der Waals surface area contributed by atoms with Crippen molar-refractivity contribution in [2.75, 3.05) is 0 Å². The van der Waals surface area contributed by atoms with Gasteiger partial charge in [0.1, 0.15) is 5.75 Å². The van der Waals surface area contributed by atoms with Crippen LogP contribution in [0, 0.1) is 27.2 Å². The summed E-state index contributed by atoms with van der Waals surface area (Å²) in [6, 6.07) is 9.99. The molecule has 102 valence electrons. The van der Waals surface area contributed by atoms with Gasteiger partial charge in [0.05, 0.1) is 15.9 Å². The summed E-state index contributed by atoms with van der Waals surface area (Å²) in [5, 5.41) is 21.6. The molecule has 0 spiro atoms. The van der Waals surface area contributed by atoms with Gasteiger partial charge in [-0.1, -0.05) is 12.1 Å². The van der Waals surface area contributed by atoms with Crippen molar-refractivity contribution in [3.8, 4) is 11.5 Å². The number of benzene rings is 2. The summed E-state index contributed by atoms with van der Waals surface area (Å²) in [4.78, 5) is 20.5. The van der Waals surface area contributed by atoms with E-state index in [9.17, 15) is 20.2 Å². The van der Waals surface area contributed by atoms with Crippen LogP contribution in [0.1, 0.15) is 5.56 Å². The number of nitrogens with zero attached hydrogens (tertiary/aromatic N) is 2. The molecule has 0 saturated heterocycles. The van der Waals surface area contributed by atoms with Gasteiger partial charge in [0.25, 0.3) is 5.69 Å².